The molecule has 0 unspecified atom stereocenters. The number of primary amides is 1. The Labute approximate surface area is 117 Å². The first-order valence-electron chi connectivity index (χ1n) is 6.16. The van der Waals surface area contributed by atoms with Gasteiger partial charge in [-0.1, -0.05) is 12.1 Å². The number of amides is 1. The molecule has 104 valence electrons. The van der Waals surface area contributed by atoms with E-state index in [2.05, 4.69) is 5.32 Å². The first-order chi connectivity index (χ1) is 9.60. The summed E-state index contributed by atoms with van der Waals surface area (Å²) >= 11 is 0. The summed E-state index contributed by atoms with van der Waals surface area (Å²) in [5.74, 6) is 0.285. The number of hydrogen-bond acceptors (Lipinski definition) is 4. The highest BCUT2D eigenvalue weighted by Crippen LogP contribution is 2.18. The Bertz CT molecular complexity index is 609. The van der Waals surface area contributed by atoms with E-state index in [9.17, 15) is 4.79 Å². The van der Waals surface area contributed by atoms with Crippen LogP contribution in [0, 0.1) is 0 Å². The van der Waals surface area contributed by atoms with E-state index in [0.29, 0.717) is 17.8 Å². The van der Waals surface area contributed by atoms with Crippen molar-refractivity contribution < 1.29 is 9.53 Å². The third-order valence-electron chi connectivity index (χ3n) is 2.97. The second-order valence-electron chi connectivity index (χ2n) is 4.37. The molecule has 0 aliphatic rings. The van der Waals surface area contributed by atoms with Crippen LogP contribution in [0.3, 0.4) is 0 Å². The lowest BCUT2D eigenvalue weighted by Crippen LogP contribution is -2.14. The van der Waals surface area contributed by atoms with Gasteiger partial charge < -0.3 is 21.5 Å². The topological polar surface area (TPSA) is 90.4 Å². The van der Waals surface area contributed by atoms with Gasteiger partial charge in [0.2, 0.25) is 0 Å². The molecule has 2 aromatic carbocycles. The molecular weight excluding hydrogens is 254 g/mol. The Morgan fingerprint density at radius 2 is 1.90 bits per heavy atom. The third kappa shape index (κ3) is 3.20. The molecule has 1 amide bonds. The molecule has 0 saturated heterocycles. The van der Waals surface area contributed by atoms with E-state index >= 15 is 0 Å². The van der Waals surface area contributed by atoms with Gasteiger partial charge in [-0.3, -0.25) is 4.79 Å². The summed E-state index contributed by atoms with van der Waals surface area (Å²) in [4.78, 5) is 11.2. The fraction of sp³-hybridized carbons (Fsp3) is 0.133. The molecule has 0 bridgehead atoms. The van der Waals surface area contributed by atoms with Gasteiger partial charge in [0.25, 0.3) is 5.91 Å². The zero-order valence-electron chi connectivity index (χ0n) is 11.2. The predicted octanol–water partition coefficient (Wildman–Crippen LogP) is 1.99. The molecule has 0 aliphatic heterocycles. The van der Waals surface area contributed by atoms with Crippen LogP contribution in [0.2, 0.25) is 0 Å². The molecule has 0 spiro atoms. The van der Waals surface area contributed by atoms with Crippen LogP contribution in [-0.2, 0) is 6.54 Å². The lowest BCUT2D eigenvalue weighted by atomic mass is 10.1. The Kier molecular flexibility index (Phi) is 4.10. The highest BCUT2D eigenvalue weighted by molar-refractivity contribution is 5.98. The van der Waals surface area contributed by atoms with E-state index < -0.39 is 5.91 Å². The van der Waals surface area contributed by atoms with Gasteiger partial charge in [-0.05, 0) is 35.9 Å². The van der Waals surface area contributed by atoms with E-state index in [0.717, 1.165) is 17.0 Å². The van der Waals surface area contributed by atoms with Crippen molar-refractivity contribution in [1.29, 1.82) is 0 Å². The average Bonchev–Trinajstić information content (AvgIpc) is 2.46. The van der Waals surface area contributed by atoms with Gasteiger partial charge in [0.1, 0.15) is 5.75 Å². The van der Waals surface area contributed by atoms with Crippen LogP contribution in [-0.4, -0.2) is 13.0 Å². The number of nitrogens with two attached hydrogens (primary N) is 2. The highest BCUT2D eigenvalue weighted by atomic mass is 16.5. The molecule has 5 nitrogen and oxygen atoms in total. The monoisotopic (exact) mass is 271 g/mol. The molecule has 0 radical (unpaired) electrons. The van der Waals surface area contributed by atoms with Gasteiger partial charge in [-0.15, -0.1) is 0 Å². The maximum atomic E-state index is 11.2. The molecule has 0 atom stereocenters. The van der Waals surface area contributed by atoms with Crippen LogP contribution >= 0.6 is 0 Å². The fourth-order valence-electron chi connectivity index (χ4n) is 1.83. The summed E-state index contributed by atoms with van der Waals surface area (Å²) in [5.41, 5.74) is 13.6. The maximum Gasteiger partial charge on any atom is 0.250 e. The minimum absolute atomic E-state index is 0.324. The quantitative estimate of drug-likeness (QED) is 0.725. The number of ether oxygens (including phenoxy) is 1. The summed E-state index contributed by atoms with van der Waals surface area (Å²) in [6, 6.07) is 12.9. The van der Waals surface area contributed by atoms with E-state index in [1.807, 2.05) is 30.3 Å². The number of benzene rings is 2. The minimum atomic E-state index is -0.532. The van der Waals surface area contributed by atoms with E-state index in [1.54, 1.807) is 19.2 Å². The van der Waals surface area contributed by atoms with Crippen LogP contribution in [0.15, 0.2) is 42.5 Å². The van der Waals surface area contributed by atoms with Crippen LogP contribution in [0.5, 0.6) is 5.75 Å². The minimum Gasteiger partial charge on any atom is -0.497 e. The second kappa shape index (κ2) is 5.97. The van der Waals surface area contributed by atoms with Crippen LogP contribution in [0.1, 0.15) is 15.9 Å². The van der Waals surface area contributed by atoms with E-state index in [1.165, 1.54) is 0 Å². The zero-order valence-corrected chi connectivity index (χ0v) is 11.2. The van der Waals surface area contributed by atoms with Gasteiger partial charge in [-0.25, -0.2) is 0 Å². The molecular formula is C15H17N3O2. The first kappa shape index (κ1) is 13.7. The molecule has 5 heteroatoms. The van der Waals surface area contributed by atoms with Crippen molar-refractivity contribution in [2.75, 3.05) is 18.2 Å². The second-order valence-corrected chi connectivity index (χ2v) is 4.37. The molecule has 0 aliphatic carbocycles. The van der Waals surface area contributed by atoms with Crippen LogP contribution in [0.4, 0.5) is 11.4 Å². The third-order valence-corrected chi connectivity index (χ3v) is 2.97. The Hall–Kier alpha value is -2.69. The summed E-state index contributed by atoms with van der Waals surface area (Å²) in [7, 11) is 1.63. The molecule has 5 N–H and O–H groups in total. The van der Waals surface area contributed by atoms with Gasteiger partial charge in [0.15, 0.2) is 0 Å². The smallest absolute Gasteiger partial charge is 0.250 e. The molecule has 20 heavy (non-hydrogen) atoms. The number of rotatable bonds is 5. The standard InChI is InChI=1S/C15H17N3O2/c1-20-12-5-2-10(3-6-12)9-18-11-4-7-14(16)13(8-11)15(17)19/h2-8,18H,9,16H2,1H3,(H2,17,19). The average molecular weight is 271 g/mol. The molecule has 0 saturated carbocycles. The van der Waals surface area contributed by atoms with Gasteiger partial charge in [0.05, 0.1) is 12.7 Å². The fourth-order valence-corrected chi connectivity index (χ4v) is 1.83. The van der Waals surface area contributed by atoms with E-state index in [-0.39, 0.29) is 0 Å². The van der Waals surface area contributed by atoms with Gasteiger partial charge in [-0.2, -0.15) is 0 Å². The lowest BCUT2D eigenvalue weighted by Gasteiger charge is -2.09. The Morgan fingerprint density at radius 3 is 2.50 bits per heavy atom. The van der Waals surface area contributed by atoms with Crippen molar-refractivity contribution in [3.8, 4) is 5.75 Å². The largest absolute Gasteiger partial charge is 0.497 e. The first-order valence-corrected chi connectivity index (χ1v) is 6.16. The Balaban J connectivity index is 2.06. The number of nitrogen functional groups attached to an aromatic ring is 1. The van der Waals surface area contributed by atoms with Crippen molar-refractivity contribution in [1.82, 2.24) is 0 Å². The number of carbonyl (C=O) groups excluding carboxylic acids is 1. The van der Waals surface area contributed by atoms with Gasteiger partial charge >= 0.3 is 0 Å². The number of anilines is 2. The zero-order chi connectivity index (χ0) is 14.5. The van der Waals surface area contributed by atoms with Crippen LogP contribution in [0.25, 0.3) is 0 Å². The molecule has 0 fully saturated rings. The lowest BCUT2D eigenvalue weighted by molar-refractivity contribution is 0.100. The SMILES string of the molecule is COc1ccc(CNc2ccc(N)c(C(N)=O)c2)cc1. The number of nitrogens with one attached hydrogen (secondary N) is 1. The highest BCUT2D eigenvalue weighted by Gasteiger charge is 2.06. The summed E-state index contributed by atoms with van der Waals surface area (Å²) < 4.78 is 5.10. The van der Waals surface area contributed by atoms with Crippen LogP contribution < -0.4 is 21.5 Å². The molecule has 2 aromatic rings. The van der Waals surface area contributed by atoms with Crippen molar-refractivity contribution >= 4 is 17.3 Å². The molecule has 0 heterocycles. The number of carbonyl (C=O) groups is 1. The maximum absolute atomic E-state index is 11.2. The van der Waals surface area contributed by atoms with E-state index in [4.69, 9.17) is 16.2 Å². The van der Waals surface area contributed by atoms with Crippen molar-refractivity contribution in [2.45, 2.75) is 6.54 Å². The number of hydrogen-bond donors (Lipinski definition) is 3. The summed E-state index contributed by atoms with van der Waals surface area (Å²) in [5, 5.41) is 3.22. The molecule has 0 aromatic heterocycles. The van der Waals surface area contributed by atoms with Crippen molar-refractivity contribution in [3.63, 3.8) is 0 Å². The number of methoxy groups -OCH3 is 1. The summed E-state index contributed by atoms with van der Waals surface area (Å²) in [6.07, 6.45) is 0. The molecule has 2 rings (SSSR count). The normalized spacial score (nSPS) is 10.1. The van der Waals surface area contributed by atoms with Crippen molar-refractivity contribution in [3.05, 3.63) is 53.6 Å². The summed E-state index contributed by atoms with van der Waals surface area (Å²) in [6.45, 7) is 0.631. The van der Waals surface area contributed by atoms with Crippen molar-refractivity contribution in [2.24, 2.45) is 5.73 Å². The predicted molar refractivity (Wildman–Crippen MR) is 79.7 cm³/mol. The Morgan fingerprint density at radius 1 is 1.20 bits per heavy atom. The van der Waals surface area contributed by atoms with Gasteiger partial charge in [0, 0.05) is 17.9 Å².